The van der Waals surface area contributed by atoms with Gasteiger partial charge in [0.2, 0.25) is 0 Å². The lowest BCUT2D eigenvalue weighted by atomic mass is 9.87. The van der Waals surface area contributed by atoms with E-state index in [1.807, 2.05) is 25.1 Å². The van der Waals surface area contributed by atoms with Crippen LogP contribution in [0.25, 0.3) is 10.9 Å². The first-order valence-corrected chi connectivity index (χ1v) is 12.8. The number of nitrogens with zero attached hydrogens (tertiary/aromatic N) is 2. The summed E-state index contributed by atoms with van der Waals surface area (Å²) in [5, 5.41) is 3.84. The third kappa shape index (κ3) is 3.80. The third-order valence-corrected chi connectivity index (χ3v) is 7.58. The molecule has 9 heteroatoms. The number of urea groups is 1. The Labute approximate surface area is 225 Å². The number of rotatable bonds is 6. The Morgan fingerprint density at radius 2 is 1.74 bits per heavy atom. The molecule has 4 aromatic rings. The van der Waals surface area contributed by atoms with Gasteiger partial charge in [0.25, 0.3) is 11.8 Å². The van der Waals surface area contributed by atoms with Crippen molar-refractivity contribution in [1.29, 1.82) is 0 Å². The predicted molar refractivity (Wildman–Crippen MR) is 148 cm³/mol. The molecule has 0 bridgehead atoms. The molecule has 3 heterocycles. The van der Waals surface area contributed by atoms with Crippen LogP contribution >= 0.6 is 0 Å². The number of carbonyl (C=O) groups excluding carboxylic acids is 3. The summed E-state index contributed by atoms with van der Waals surface area (Å²) in [4.78, 5) is 46.4. The molecule has 2 aliphatic heterocycles. The molecule has 3 aromatic carbocycles. The topological polar surface area (TPSA) is 104 Å². The molecule has 1 fully saturated rings. The lowest BCUT2D eigenvalue weighted by Crippen LogP contribution is -2.49. The van der Waals surface area contributed by atoms with Crippen LogP contribution in [0.1, 0.15) is 35.5 Å². The van der Waals surface area contributed by atoms with Gasteiger partial charge in [0.05, 0.1) is 25.1 Å². The number of aromatic nitrogens is 1. The zero-order valence-corrected chi connectivity index (χ0v) is 21.9. The molecule has 2 N–H and O–H groups in total. The molecule has 1 unspecified atom stereocenters. The number of methoxy groups -OCH3 is 1. The van der Waals surface area contributed by atoms with Crippen molar-refractivity contribution >= 4 is 40.1 Å². The van der Waals surface area contributed by atoms with Crippen LogP contribution in [0, 0.1) is 0 Å². The Morgan fingerprint density at radius 3 is 2.44 bits per heavy atom. The number of amides is 4. The van der Waals surface area contributed by atoms with Gasteiger partial charge in [-0.1, -0.05) is 0 Å². The van der Waals surface area contributed by atoms with Crippen molar-refractivity contribution in [2.45, 2.75) is 25.8 Å². The van der Waals surface area contributed by atoms with Crippen molar-refractivity contribution in [2.75, 3.05) is 30.5 Å². The first kappa shape index (κ1) is 24.5. The quantitative estimate of drug-likeness (QED) is 0.343. The molecule has 9 nitrogen and oxygen atoms in total. The van der Waals surface area contributed by atoms with Crippen molar-refractivity contribution in [2.24, 2.45) is 0 Å². The van der Waals surface area contributed by atoms with Gasteiger partial charge in [-0.2, -0.15) is 0 Å². The Balaban J connectivity index is 1.26. The van der Waals surface area contributed by atoms with Gasteiger partial charge < -0.3 is 24.7 Å². The second-order valence-corrected chi connectivity index (χ2v) is 9.75. The SMILES string of the molecule is CCOc1ccc(NC(=O)c2ccc(N3C(=O)N4CCc5c([nH]c6ccc(OC)cc56)C4(C)C3=O)cc2)cc1. The molecular formula is C30H28N4O5. The fourth-order valence-electron chi connectivity index (χ4n) is 5.54. The average molecular weight is 525 g/mol. The summed E-state index contributed by atoms with van der Waals surface area (Å²) in [6.45, 7) is 4.67. The zero-order chi connectivity index (χ0) is 27.3. The van der Waals surface area contributed by atoms with E-state index in [-0.39, 0.29) is 17.8 Å². The molecule has 1 saturated heterocycles. The van der Waals surface area contributed by atoms with E-state index in [0.29, 0.717) is 36.5 Å². The summed E-state index contributed by atoms with van der Waals surface area (Å²) in [7, 11) is 1.62. The monoisotopic (exact) mass is 524 g/mol. The molecule has 39 heavy (non-hydrogen) atoms. The van der Waals surface area contributed by atoms with Gasteiger partial charge in [-0.05, 0) is 92.6 Å². The predicted octanol–water partition coefficient (Wildman–Crippen LogP) is 5.07. The van der Waals surface area contributed by atoms with Crippen molar-refractivity contribution < 1.29 is 23.9 Å². The summed E-state index contributed by atoms with van der Waals surface area (Å²) in [5.41, 5.74) is 2.93. The van der Waals surface area contributed by atoms with E-state index >= 15 is 0 Å². The maximum Gasteiger partial charge on any atom is 0.332 e. The van der Waals surface area contributed by atoms with Gasteiger partial charge >= 0.3 is 6.03 Å². The van der Waals surface area contributed by atoms with Gasteiger partial charge in [0.1, 0.15) is 11.5 Å². The summed E-state index contributed by atoms with van der Waals surface area (Å²) in [5.74, 6) is 0.828. The van der Waals surface area contributed by atoms with Crippen LogP contribution in [0.5, 0.6) is 11.5 Å². The Kier molecular flexibility index (Phi) is 5.79. The number of hydrogen-bond acceptors (Lipinski definition) is 5. The maximum absolute atomic E-state index is 13.9. The summed E-state index contributed by atoms with van der Waals surface area (Å²) in [6.07, 6.45) is 0.621. The number of anilines is 2. The molecule has 198 valence electrons. The number of hydrogen-bond donors (Lipinski definition) is 2. The highest BCUT2D eigenvalue weighted by Gasteiger charge is 2.59. The van der Waals surface area contributed by atoms with E-state index in [0.717, 1.165) is 33.7 Å². The number of imide groups is 1. The molecular weight excluding hydrogens is 496 g/mol. The highest BCUT2D eigenvalue weighted by Crippen LogP contribution is 2.45. The first-order chi connectivity index (χ1) is 18.8. The molecule has 4 amide bonds. The number of carbonyl (C=O) groups is 3. The van der Waals surface area contributed by atoms with E-state index in [9.17, 15) is 14.4 Å². The average Bonchev–Trinajstić information content (AvgIpc) is 3.42. The zero-order valence-electron chi connectivity index (χ0n) is 21.9. The Hall–Kier alpha value is -4.79. The van der Waals surface area contributed by atoms with E-state index in [2.05, 4.69) is 10.3 Å². The van der Waals surface area contributed by atoms with Gasteiger partial charge in [0, 0.05) is 28.7 Å². The third-order valence-electron chi connectivity index (χ3n) is 7.58. The van der Waals surface area contributed by atoms with Crippen molar-refractivity contribution in [3.8, 4) is 11.5 Å². The molecule has 6 rings (SSSR count). The molecule has 2 aliphatic rings. The molecule has 0 spiro atoms. The molecule has 1 aromatic heterocycles. The normalized spacial score (nSPS) is 18.2. The van der Waals surface area contributed by atoms with E-state index < -0.39 is 5.54 Å². The number of benzene rings is 3. The second-order valence-electron chi connectivity index (χ2n) is 9.75. The fraction of sp³-hybridized carbons (Fsp3) is 0.233. The molecule has 0 saturated carbocycles. The van der Waals surface area contributed by atoms with Gasteiger partial charge in [-0.3, -0.25) is 9.59 Å². The smallest absolute Gasteiger partial charge is 0.332 e. The van der Waals surface area contributed by atoms with Crippen LogP contribution in [0.2, 0.25) is 0 Å². The Morgan fingerprint density at radius 1 is 1.03 bits per heavy atom. The fourth-order valence-corrected chi connectivity index (χ4v) is 5.54. The second kappa shape index (κ2) is 9.20. The number of ether oxygens (including phenoxy) is 2. The van der Waals surface area contributed by atoms with E-state index in [1.54, 1.807) is 67.5 Å². The minimum absolute atomic E-state index is 0.299. The van der Waals surface area contributed by atoms with Crippen LogP contribution in [0.15, 0.2) is 66.7 Å². The minimum Gasteiger partial charge on any atom is -0.497 e. The molecule has 1 atom stereocenters. The lowest BCUT2D eigenvalue weighted by Gasteiger charge is -2.35. The van der Waals surface area contributed by atoms with Crippen molar-refractivity contribution in [1.82, 2.24) is 9.88 Å². The Bertz CT molecular complexity index is 1610. The van der Waals surface area contributed by atoms with Gasteiger partial charge in [-0.25, -0.2) is 9.69 Å². The summed E-state index contributed by atoms with van der Waals surface area (Å²) >= 11 is 0. The highest BCUT2D eigenvalue weighted by molar-refractivity contribution is 6.23. The van der Waals surface area contributed by atoms with Crippen molar-refractivity contribution in [3.05, 3.63) is 83.6 Å². The summed E-state index contributed by atoms with van der Waals surface area (Å²) in [6, 6.07) is 19.0. The minimum atomic E-state index is -1.17. The van der Waals surface area contributed by atoms with Crippen molar-refractivity contribution in [3.63, 3.8) is 0 Å². The largest absolute Gasteiger partial charge is 0.497 e. The van der Waals surface area contributed by atoms with Crippen LogP contribution in [-0.2, 0) is 16.8 Å². The first-order valence-electron chi connectivity index (χ1n) is 12.8. The number of H-pyrrole nitrogens is 1. The van der Waals surface area contributed by atoms with E-state index in [1.165, 1.54) is 4.90 Å². The van der Waals surface area contributed by atoms with Crippen LogP contribution in [0.3, 0.4) is 0 Å². The number of nitrogens with one attached hydrogen (secondary N) is 2. The number of fused-ring (bicyclic) bond motifs is 5. The summed E-state index contributed by atoms with van der Waals surface area (Å²) < 4.78 is 10.8. The van der Waals surface area contributed by atoms with Gasteiger partial charge in [-0.15, -0.1) is 0 Å². The van der Waals surface area contributed by atoms with Crippen LogP contribution < -0.4 is 19.7 Å². The lowest BCUT2D eigenvalue weighted by molar-refractivity contribution is -0.125. The molecule has 0 radical (unpaired) electrons. The van der Waals surface area contributed by atoms with E-state index in [4.69, 9.17) is 9.47 Å². The van der Waals surface area contributed by atoms with Gasteiger partial charge in [0.15, 0.2) is 5.54 Å². The van der Waals surface area contributed by atoms with Crippen LogP contribution in [0.4, 0.5) is 16.2 Å². The number of aromatic amines is 1. The van der Waals surface area contributed by atoms with Crippen LogP contribution in [-0.4, -0.2) is 48.0 Å². The molecule has 0 aliphatic carbocycles. The standard InChI is InChI=1S/C30H28N4O5/c1-4-39-21-11-7-19(8-12-21)31-27(35)18-5-9-20(10-6-18)34-28(36)30(2)26-23(15-16-33(30)29(34)37)24-17-22(38-3)13-14-25(24)32-26/h5-14,17,32H,4,15-16H2,1-3H3,(H,31,35). The highest BCUT2D eigenvalue weighted by atomic mass is 16.5. The maximum atomic E-state index is 13.9.